The maximum atomic E-state index is 13.3. The molecule has 2 aromatic rings. The molecule has 156 valence electrons. The Kier molecular flexibility index (Phi) is 6.98. The van der Waals surface area contributed by atoms with E-state index >= 15 is 0 Å². The van der Waals surface area contributed by atoms with Gasteiger partial charge in [0.15, 0.2) is 0 Å². The van der Waals surface area contributed by atoms with Crippen molar-refractivity contribution in [2.24, 2.45) is 0 Å². The number of ether oxygens (including phenoxy) is 1. The monoisotopic (exact) mass is 398 g/mol. The quantitative estimate of drug-likeness (QED) is 0.763. The van der Waals surface area contributed by atoms with Crippen LogP contribution in [0.3, 0.4) is 0 Å². The van der Waals surface area contributed by atoms with Gasteiger partial charge >= 0.3 is 0 Å². The molecule has 8 heteroatoms. The first-order valence-corrected chi connectivity index (χ1v) is 10.0. The van der Waals surface area contributed by atoms with Crippen LogP contribution >= 0.6 is 0 Å². The number of morpholine rings is 1. The molecule has 1 saturated heterocycles. The predicted molar refractivity (Wildman–Crippen MR) is 113 cm³/mol. The fourth-order valence-corrected chi connectivity index (χ4v) is 3.11. The molecule has 0 spiro atoms. The molecule has 3 rings (SSSR count). The molecule has 1 atom stereocenters. The summed E-state index contributed by atoms with van der Waals surface area (Å²) in [6, 6.07) is 9.53. The molecule has 29 heavy (non-hydrogen) atoms. The summed E-state index contributed by atoms with van der Waals surface area (Å²) in [6.45, 7) is 6.42. The van der Waals surface area contributed by atoms with Crippen LogP contribution < -0.4 is 10.2 Å². The number of nitrogens with zero attached hydrogens (tertiary/aromatic N) is 5. The van der Waals surface area contributed by atoms with E-state index in [-0.39, 0.29) is 11.8 Å². The summed E-state index contributed by atoms with van der Waals surface area (Å²) in [7, 11) is 3.78. The van der Waals surface area contributed by atoms with Crippen LogP contribution in [-0.2, 0) is 16.0 Å². The highest BCUT2D eigenvalue weighted by Gasteiger charge is 2.27. The van der Waals surface area contributed by atoms with Crippen LogP contribution in [0.25, 0.3) is 0 Å². The average molecular weight is 399 g/mol. The van der Waals surface area contributed by atoms with Gasteiger partial charge in [0.1, 0.15) is 11.9 Å². The second kappa shape index (κ2) is 9.65. The molecule has 2 heterocycles. The Labute approximate surface area is 172 Å². The number of amides is 1. The third-order valence-corrected chi connectivity index (χ3v) is 4.76. The molecule has 0 radical (unpaired) electrons. The minimum absolute atomic E-state index is 0.0371. The lowest BCUT2D eigenvalue weighted by molar-refractivity contribution is -0.136. The summed E-state index contributed by atoms with van der Waals surface area (Å²) in [4.78, 5) is 30.6. The number of rotatable bonds is 7. The van der Waals surface area contributed by atoms with E-state index in [1.807, 2.05) is 68.1 Å². The summed E-state index contributed by atoms with van der Waals surface area (Å²) in [6.07, 6.45) is 0.553. The summed E-state index contributed by atoms with van der Waals surface area (Å²) in [5.74, 6) is 1.89. The Balaban J connectivity index is 1.88. The number of hydrogen-bond donors (Lipinski definition) is 1. The van der Waals surface area contributed by atoms with Gasteiger partial charge in [0.2, 0.25) is 17.8 Å². The first kappa shape index (κ1) is 21.0. The first-order valence-electron chi connectivity index (χ1n) is 10.0. The van der Waals surface area contributed by atoms with Crippen molar-refractivity contribution in [3.05, 3.63) is 41.7 Å². The minimum Gasteiger partial charge on any atom is -0.378 e. The van der Waals surface area contributed by atoms with Crippen LogP contribution in [0.1, 0.15) is 31.2 Å². The Hall–Kier alpha value is -2.74. The predicted octanol–water partition coefficient (Wildman–Crippen LogP) is 1.94. The lowest BCUT2D eigenvalue weighted by Crippen LogP contribution is -2.49. The number of hydrogen-bond acceptors (Lipinski definition) is 7. The molecule has 1 aliphatic rings. The van der Waals surface area contributed by atoms with Gasteiger partial charge in [0.05, 0.1) is 13.2 Å². The molecule has 0 bridgehead atoms. The fourth-order valence-electron chi connectivity index (χ4n) is 3.11. The SMILES string of the molecule is CC(C)c1nc(NC(Cc2ccccc2)C(=O)N2CCOCC2)nc(N(C)C)n1. The maximum absolute atomic E-state index is 13.3. The zero-order chi connectivity index (χ0) is 20.8. The third-order valence-electron chi connectivity index (χ3n) is 4.76. The van der Waals surface area contributed by atoms with Crippen molar-refractivity contribution in [2.45, 2.75) is 32.2 Å². The van der Waals surface area contributed by atoms with Crippen molar-refractivity contribution in [3.63, 3.8) is 0 Å². The van der Waals surface area contributed by atoms with Crippen LogP contribution in [0.2, 0.25) is 0 Å². The van der Waals surface area contributed by atoms with E-state index in [4.69, 9.17) is 4.74 Å². The van der Waals surface area contributed by atoms with E-state index < -0.39 is 6.04 Å². The van der Waals surface area contributed by atoms with Gasteiger partial charge < -0.3 is 19.9 Å². The van der Waals surface area contributed by atoms with Gasteiger partial charge in [-0.2, -0.15) is 15.0 Å². The number of carbonyl (C=O) groups excluding carboxylic acids is 1. The van der Waals surface area contributed by atoms with Gasteiger partial charge in [-0.15, -0.1) is 0 Å². The molecule has 1 fully saturated rings. The fraction of sp³-hybridized carbons (Fsp3) is 0.524. The van der Waals surface area contributed by atoms with Crippen molar-refractivity contribution in [1.29, 1.82) is 0 Å². The van der Waals surface area contributed by atoms with Crippen LogP contribution in [0.5, 0.6) is 0 Å². The largest absolute Gasteiger partial charge is 0.378 e. The van der Waals surface area contributed by atoms with Crippen LogP contribution in [-0.4, -0.2) is 72.2 Å². The van der Waals surface area contributed by atoms with E-state index in [0.29, 0.717) is 50.4 Å². The smallest absolute Gasteiger partial charge is 0.245 e. The molecular formula is C21H30N6O2. The van der Waals surface area contributed by atoms with E-state index in [0.717, 1.165) is 5.56 Å². The number of anilines is 2. The molecular weight excluding hydrogens is 368 g/mol. The highest BCUT2D eigenvalue weighted by atomic mass is 16.5. The normalized spacial score (nSPS) is 15.3. The minimum atomic E-state index is -0.465. The second-order valence-corrected chi connectivity index (χ2v) is 7.69. The summed E-state index contributed by atoms with van der Waals surface area (Å²) < 4.78 is 5.40. The number of nitrogens with one attached hydrogen (secondary N) is 1. The molecule has 1 aromatic carbocycles. The Morgan fingerprint density at radius 3 is 2.45 bits per heavy atom. The number of aromatic nitrogens is 3. The van der Waals surface area contributed by atoms with E-state index in [9.17, 15) is 4.79 Å². The van der Waals surface area contributed by atoms with Crippen molar-refractivity contribution in [3.8, 4) is 0 Å². The molecule has 0 aliphatic carbocycles. The van der Waals surface area contributed by atoms with Gasteiger partial charge in [0.25, 0.3) is 0 Å². The Bertz CT molecular complexity index is 780. The molecule has 1 amide bonds. The van der Waals surface area contributed by atoms with Crippen molar-refractivity contribution in [1.82, 2.24) is 19.9 Å². The Morgan fingerprint density at radius 2 is 1.83 bits per heavy atom. The molecule has 1 unspecified atom stereocenters. The van der Waals surface area contributed by atoms with Crippen molar-refractivity contribution in [2.75, 3.05) is 50.6 Å². The number of benzene rings is 1. The van der Waals surface area contributed by atoms with Crippen molar-refractivity contribution >= 4 is 17.8 Å². The van der Waals surface area contributed by atoms with Crippen molar-refractivity contribution < 1.29 is 9.53 Å². The van der Waals surface area contributed by atoms with E-state index in [1.54, 1.807) is 0 Å². The molecule has 1 N–H and O–H groups in total. The highest BCUT2D eigenvalue weighted by molar-refractivity contribution is 5.84. The maximum Gasteiger partial charge on any atom is 0.245 e. The van der Waals surface area contributed by atoms with Gasteiger partial charge in [-0.1, -0.05) is 44.2 Å². The van der Waals surface area contributed by atoms with Crippen LogP contribution in [0.4, 0.5) is 11.9 Å². The number of carbonyl (C=O) groups is 1. The standard InChI is InChI=1S/C21H30N6O2/c1-15(2)18-23-20(25-21(24-18)26(3)4)22-17(14-16-8-6-5-7-9-16)19(28)27-10-12-29-13-11-27/h5-9,15,17H,10-14H2,1-4H3,(H,22,23,24,25). The summed E-state index contributed by atoms with van der Waals surface area (Å²) in [5.41, 5.74) is 1.08. The molecule has 1 aliphatic heterocycles. The van der Waals surface area contributed by atoms with Crippen LogP contribution in [0.15, 0.2) is 30.3 Å². The van der Waals surface area contributed by atoms with E-state index in [1.165, 1.54) is 0 Å². The van der Waals surface area contributed by atoms with E-state index in [2.05, 4.69) is 20.3 Å². The molecule has 0 saturated carbocycles. The lowest BCUT2D eigenvalue weighted by Gasteiger charge is -2.31. The first-order chi connectivity index (χ1) is 13.9. The molecule has 8 nitrogen and oxygen atoms in total. The van der Waals surface area contributed by atoms with Gasteiger partial charge in [-0.25, -0.2) is 0 Å². The second-order valence-electron chi connectivity index (χ2n) is 7.69. The topological polar surface area (TPSA) is 83.5 Å². The third kappa shape index (κ3) is 5.63. The van der Waals surface area contributed by atoms with Gasteiger partial charge in [0, 0.05) is 39.5 Å². The zero-order valence-corrected chi connectivity index (χ0v) is 17.6. The van der Waals surface area contributed by atoms with Gasteiger partial charge in [-0.05, 0) is 5.56 Å². The summed E-state index contributed by atoms with van der Waals surface area (Å²) >= 11 is 0. The van der Waals surface area contributed by atoms with Crippen LogP contribution in [0, 0.1) is 0 Å². The highest BCUT2D eigenvalue weighted by Crippen LogP contribution is 2.17. The van der Waals surface area contributed by atoms with Gasteiger partial charge in [-0.3, -0.25) is 4.79 Å². The molecule has 1 aromatic heterocycles. The summed E-state index contributed by atoms with van der Waals surface area (Å²) in [5, 5.41) is 3.29. The lowest BCUT2D eigenvalue weighted by atomic mass is 10.0. The average Bonchev–Trinajstić information content (AvgIpc) is 2.74. The zero-order valence-electron chi connectivity index (χ0n) is 17.6. The Morgan fingerprint density at radius 1 is 1.14 bits per heavy atom.